The van der Waals surface area contributed by atoms with Crippen molar-refractivity contribution in [2.75, 3.05) is 6.61 Å². The van der Waals surface area contributed by atoms with E-state index >= 15 is 0 Å². The first-order valence-corrected chi connectivity index (χ1v) is 8.57. The van der Waals surface area contributed by atoms with Gasteiger partial charge in [0.15, 0.2) is 0 Å². The lowest BCUT2D eigenvalue weighted by Crippen LogP contribution is -2.17. The maximum Gasteiger partial charge on any atom is 0.284 e. The van der Waals surface area contributed by atoms with E-state index in [1.165, 1.54) is 0 Å². The van der Waals surface area contributed by atoms with Crippen LogP contribution in [0.5, 0.6) is 5.75 Å². The van der Waals surface area contributed by atoms with E-state index in [-0.39, 0.29) is 11.8 Å². The molecule has 1 atom stereocenters. The van der Waals surface area contributed by atoms with E-state index in [2.05, 4.69) is 12.2 Å². The van der Waals surface area contributed by atoms with E-state index < -0.39 is 5.76 Å². The molecule has 126 valence electrons. The summed E-state index contributed by atoms with van der Waals surface area (Å²) in [4.78, 5) is 0. The molecule has 0 saturated heterocycles. The van der Waals surface area contributed by atoms with Crippen LogP contribution in [0.3, 0.4) is 0 Å². The van der Waals surface area contributed by atoms with Crippen LogP contribution in [-0.2, 0) is 12.3 Å². The molecule has 0 amide bonds. The molecule has 2 rings (SSSR count). The Morgan fingerprint density at radius 1 is 1.22 bits per heavy atom. The minimum absolute atomic E-state index is 0.124. The van der Waals surface area contributed by atoms with Crippen LogP contribution < -0.4 is 10.1 Å². The van der Waals surface area contributed by atoms with Crippen molar-refractivity contribution in [3.05, 3.63) is 53.5 Å². The van der Waals surface area contributed by atoms with Crippen molar-refractivity contribution in [3.63, 3.8) is 0 Å². The number of nitrogens with one attached hydrogen (secondary N) is 1. The van der Waals surface area contributed by atoms with E-state index in [9.17, 15) is 8.78 Å². The summed E-state index contributed by atoms with van der Waals surface area (Å²) in [5.74, 6) is -0.0353. The topological polar surface area (TPSA) is 34.4 Å². The minimum atomic E-state index is -2.38. The third kappa shape index (κ3) is 5.88. The molecule has 3 nitrogen and oxygen atoms in total. The summed E-state index contributed by atoms with van der Waals surface area (Å²) in [7, 11) is 0. The molecule has 0 bridgehead atoms. The lowest BCUT2D eigenvalue weighted by atomic mass is 10.1. The summed E-state index contributed by atoms with van der Waals surface area (Å²) < 4.78 is 35.4. The summed E-state index contributed by atoms with van der Waals surface area (Å²) in [5.41, 5.74) is 1.12. The van der Waals surface area contributed by atoms with Crippen LogP contribution in [0, 0.1) is 0 Å². The molecule has 6 heteroatoms. The number of alkyl halides is 2. The number of rotatable bonds is 9. The summed E-state index contributed by atoms with van der Waals surface area (Å²) in [6, 6.07) is 11.6. The third-order valence-electron chi connectivity index (χ3n) is 3.32. The number of thioether (sulfide) groups is 1. The Hall–Kier alpha value is -1.53. The van der Waals surface area contributed by atoms with E-state index in [0.717, 1.165) is 17.1 Å². The smallest absolute Gasteiger partial charge is 0.284 e. The highest BCUT2D eigenvalue weighted by atomic mass is 32.2. The van der Waals surface area contributed by atoms with Gasteiger partial charge < -0.3 is 14.5 Å². The standard InChI is InChI=1S/C17H21F2NO2S/c1-3-21-14-6-4-5-13(9-14)12(2)20-10-15-7-8-16(22-15)11-23-17(18)19/h4-9,12,17,20H,3,10-11H2,1-2H3. The van der Waals surface area contributed by atoms with E-state index in [1.807, 2.05) is 37.3 Å². The molecule has 1 heterocycles. The zero-order valence-electron chi connectivity index (χ0n) is 13.2. The van der Waals surface area contributed by atoms with Gasteiger partial charge in [0.05, 0.1) is 18.9 Å². The maximum atomic E-state index is 12.2. The first-order chi connectivity index (χ1) is 11.1. The van der Waals surface area contributed by atoms with Crippen molar-refractivity contribution < 1.29 is 17.9 Å². The highest BCUT2D eigenvalue weighted by Crippen LogP contribution is 2.22. The van der Waals surface area contributed by atoms with Crippen molar-refractivity contribution in [2.45, 2.75) is 37.9 Å². The zero-order valence-corrected chi connectivity index (χ0v) is 14.0. The monoisotopic (exact) mass is 341 g/mol. The molecule has 0 aliphatic heterocycles. The largest absolute Gasteiger partial charge is 0.494 e. The second kappa shape index (κ2) is 8.93. The Morgan fingerprint density at radius 3 is 2.74 bits per heavy atom. The van der Waals surface area contributed by atoms with Gasteiger partial charge in [0.1, 0.15) is 17.3 Å². The average molecular weight is 341 g/mol. The van der Waals surface area contributed by atoms with Crippen LogP contribution in [0.15, 0.2) is 40.8 Å². The Balaban J connectivity index is 1.86. The highest BCUT2D eigenvalue weighted by Gasteiger charge is 2.10. The number of furan rings is 1. The van der Waals surface area contributed by atoms with Crippen LogP contribution in [0.1, 0.15) is 37.0 Å². The number of hydrogen-bond donors (Lipinski definition) is 1. The van der Waals surface area contributed by atoms with Crippen LogP contribution in [-0.4, -0.2) is 12.4 Å². The average Bonchev–Trinajstić information content (AvgIpc) is 2.99. The normalized spacial score (nSPS) is 12.6. The first kappa shape index (κ1) is 17.8. The Morgan fingerprint density at radius 2 is 2.00 bits per heavy atom. The lowest BCUT2D eigenvalue weighted by molar-refractivity contribution is 0.251. The molecule has 0 aliphatic rings. The number of hydrogen-bond acceptors (Lipinski definition) is 4. The molecule has 1 N–H and O–H groups in total. The SMILES string of the molecule is CCOc1cccc(C(C)NCc2ccc(CSC(F)F)o2)c1. The predicted octanol–water partition coefficient (Wildman–Crippen LogP) is 4.98. The Labute approximate surface area is 139 Å². The second-order valence-electron chi connectivity index (χ2n) is 5.05. The van der Waals surface area contributed by atoms with Gasteiger partial charge in [0, 0.05) is 6.04 Å². The minimum Gasteiger partial charge on any atom is -0.494 e. The van der Waals surface area contributed by atoms with Gasteiger partial charge >= 0.3 is 0 Å². The van der Waals surface area contributed by atoms with Crippen LogP contribution in [0.4, 0.5) is 8.78 Å². The van der Waals surface area contributed by atoms with Crippen molar-refractivity contribution in [3.8, 4) is 5.75 Å². The number of benzene rings is 1. The van der Waals surface area contributed by atoms with Crippen LogP contribution in [0.25, 0.3) is 0 Å². The van der Waals surface area contributed by atoms with Crippen LogP contribution in [0.2, 0.25) is 0 Å². The van der Waals surface area contributed by atoms with Crippen molar-refractivity contribution >= 4 is 11.8 Å². The first-order valence-electron chi connectivity index (χ1n) is 7.52. The Bertz CT molecular complexity index is 604. The highest BCUT2D eigenvalue weighted by molar-refractivity contribution is 7.98. The van der Waals surface area contributed by atoms with Crippen molar-refractivity contribution in [1.82, 2.24) is 5.32 Å². The molecule has 1 unspecified atom stereocenters. The second-order valence-corrected chi connectivity index (χ2v) is 6.03. The summed E-state index contributed by atoms with van der Waals surface area (Å²) >= 11 is 0.564. The molecular weight excluding hydrogens is 320 g/mol. The van der Waals surface area contributed by atoms with Crippen molar-refractivity contribution in [1.29, 1.82) is 0 Å². The zero-order chi connectivity index (χ0) is 16.7. The number of ether oxygens (including phenoxy) is 1. The molecule has 0 fully saturated rings. The van der Waals surface area contributed by atoms with Gasteiger partial charge in [-0.1, -0.05) is 23.9 Å². The van der Waals surface area contributed by atoms with Gasteiger partial charge in [-0.25, -0.2) is 0 Å². The number of halogens is 2. The van der Waals surface area contributed by atoms with E-state index in [0.29, 0.717) is 30.7 Å². The van der Waals surface area contributed by atoms with Gasteiger partial charge in [-0.05, 0) is 43.7 Å². The van der Waals surface area contributed by atoms with Crippen molar-refractivity contribution in [2.24, 2.45) is 0 Å². The van der Waals surface area contributed by atoms with E-state index in [4.69, 9.17) is 9.15 Å². The lowest BCUT2D eigenvalue weighted by Gasteiger charge is -2.14. The summed E-state index contributed by atoms with van der Waals surface area (Å²) in [6.45, 7) is 5.19. The molecule has 1 aromatic heterocycles. The molecule has 0 aliphatic carbocycles. The molecule has 0 spiro atoms. The predicted molar refractivity (Wildman–Crippen MR) is 88.9 cm³/mol. The molecule has 2 aromatic rings. The quantitative estimate of drug-likeness (QED) is 0.697. The van der Waals surface area contributed by atoms with Crippen LogP contribution >= 0.6 is 11.8 Å². The summed E-state index contributed by atoms with van der Waals surface area (Å²) in [6.07, 6.45) is 0. The van der Waals surface area contributed by atoms with Gasteiger partial charge in [0.25, 0.3) is 5.76 Å². The van der Waals surface area contributed by atoms with E-state index in [1.54, 1.807) is 6.07 Å². The molecular formula is C17H21F2NO2S. The molecule has 0 radical (unpaired) electrons. The van der Waals surface area contributed by atoms with Gasteiger partial charge in [-0.2, -0.15) is 8.78 Å². The molecule has 23 heavy (non-hydrogen) atoms. The third-order valence-corrected chi connectivity index (χ3v) is 4.02. The molecule has 1 aromatic carbocycles. The fourth-order valence-corrected chi connectivity index (χ4v) is 2.60. The molecule has 0 saturated carbocycles. The maximum absolute atomic E-state index is 12.2. The fourth-order valence-electron chi connectivity index (χ4n) is 2.15. The van der Waals surface area contributed by atoms with Gasteiger partial charge in [-0.3, -0.25) is 0 Å². The van der Waals surface area contributed by atoms with Gasteiger partial charge in [0.2, 0.25) is 0 Å². The Kier molecular flexibility index (Phi) is 6.92. The van der Waals surface area contributed by atoms with Gasteiger partial charge in [-0.15, -0.1) is 0 Å². The fraction of sp³-hybridized carbons (Fsp3) is 0.412. The summed E-state index contributed by atoms with van der Waals surface area (Å²) in [5, 5.41) is 3.36.